The normalized spacial score (nSPS) is 15.3. The minimum Gasteiger partial charge on any atom is -0.477 e. The third-order valence-corrected chi connectivity index (χ3v) is 5.26. The summed E-state index contributed by atoms with van der Waals surface area (Å²) in [7, 11) is -3.72. The van der Waals surface area contributed by atoms with E-state index in [1.54, 1.807) is 13.8 Å². The van der Waals surface area contributed by atoms with Crippen LogP contribution in [0.25, 0.3) is 0 Å². The summed E-state index contributed by atoms with van der Waals surface area (Å²) >= 11 is 0.696. The summed E-state index contributed by atoms with van der Waals surface area (Å²) in [6.07, 6.45) is -0.322. The lowest BCUT2D eigenvalue weighted by Gasteiger charge is -2.14. The Kier molecular flexibility index (Phi) is 4.85. The van der Waals surface area contributed by atoms with Crippen LogP contribution in [0.3, 0.4) is 0 Å². The van der Waals surface area contributed by atoms with Crippen molar-refractivity contribution >= 4 is 27.3 Å². The van der Waals surface area contributed by atoms with Gasteiger partial charge in [-0.05, 0) is 32.4 Å². The molecule has 0 aliphatic heterocycles. The largest absolute Gasteiger partial charge is 0.477 e. The van der Waals surface area contributed by atoms with Crippen molar-refractivity contribution in [1.29, 1.82) is 0 Å². The van der Waals surface area contributed by atoms with E-state index in [1.165, 1.54) is 12.1 Å². The number of hydrogen-bond acceptors (Lipinski definition) is 5. The number of carbonyl (C=O) groups is 1. The number of thiophene rings is 1. The third kappa shape index (κ3) is 4.05. The van der Waals surface area contributed by atoms with Crippen LogP contribution in [0.4, 0.5) is 0 Å². The van der Waals surface area contributed by atoms with Crippen LogP contribution < -0.4 is 4.72 Å². The van der Waals surface area contributed by atoms with Crippen LogP contribution in [0.1, 0.15) is 29.9 Å². The molecule has 0 aliphatic carbocycles. The number of aliphatic hydroxyl groups excluding tert-OH is 1. The van der Waals surface area contributed by atoms with Crippen LogP contribution in [0.5, 0.6) is 0 Å². The van der Waals surface area contributed by atoms with Gasteiger partial charge in [-0.3, -0.25) is 0 Å². The summed E-state index contributed by atoms with van der Waals surface area (Å²) in [6.45, 7) is 3.20. The Balaban J connectivity index is 2.82. The van der Waals surface area contributed by atoms with Crippen molar-refractivity contribution in [1.82, 2.24) is 4.72 Å². The van der Waals surface area contributed by atoms with Crippen LogP contribution in [0.15, 0.2) is 16.3 Å². The van der Waals surface area contributed by atoms with E-state index in [2.05, 4.69) is 4.72 Å². The van der Waals surface area contributed by atoms with Gasteiger partial charge in [0.25, 0.3) is 0 Å². The summed E-state index contributed by atoms with van der Waals surface area (Å²) in [5.74, 6) is -1.15. The van der Waals surface area contributed by atoms with E-state index in [1.807, 2.05) is 0 Å². The van der Waals surface area contributed by atoms with Crippen molar-refractivity contribution in [2.75, 3.05) is 0 Å². The monoisotopic (exact) mass is 293 g/mol. The van der Waals surface area contributed by atoms with Crippen molar-refractivity contribution in [3.05, 3.63) is 17.0 Å². The van der Waals surface area contributed by atoms with Crippen LogP contribution in [0, 0.1) is 0 Å². The van der Waals surface area contributed by atoms with Crippen molar-refractivity contribution in [3.63, 3.8) is 0 Å². The van der Waals surface area contributed by atoms with Gasteiger partial charge in [-0.1, -0.05) is 0 Å². The molecule has 1 aromatic heterocycles. The molecular weight excluding hydrogens is 278 g/mol. The lowest BCUT2D eigenvalue weighted by molar-refractivity contribution is 0.0702. The predicted molar refractivity (Wildman–Crippen MR) is 67.4 cm³/mol. The predicted octanol–water partition coefficient (Wildman–Crippen LogP) is 0.884. The molecule has 0 saturated heterocycles. The first-order chi connectivity index (χ1) is 8.22. The summed E-state index contributed by atoms with van der Waals surface area (Å²) in [5, 5.41) is 17.9. The fraction of sp³-hybridized carbons (Fsp3) is 0.500. The van der Waals surface area contributed by atoms with Gasteiger partial charge in [0.1, 0.15) is 9.09 Å². The number of aromatic carboxylic acids is 1. The molecule has 0 bridgehead atoms. The van der Waals surface area contributed by atoms with Crippen LogP contribution in [0.2, 0.25) is 0 Å². The minimum absolute atomic E-state index is 0.0291. The first-order valence-electron chi connectivity index (χ1n) is 5.26. The van der Waals surface area contributed by atoms with E-state index in [-0.39, 0.29) is 15.5 Å². The van der Waals surface area contributed by atoms with Gasteiger partial charge < -0.3 is 10.2 Å². The van der Waals surface area contributed by atoms with E-state index in [9.17, 15) is 13.2 Å². The molecule has 18 heavy (non-hydrogen) atoms. The van der Waals surface area contributed by atoms with E-state index in [0.29, 0.717) is 11.3 Å². The zero-order chi connectivity index (χ0) is 13.9. The van der Waals surface area contributed by atoms with Crippen molar-refractivity contribution in [2.24, 2.45) is 0 Å². The number of carboxylic acid groups (broad SMARTS) is 1. The molecule has 0 aromatic carbocycles. The molecule has 8 heteroatoms. The van der Waals surface area contributed by atoms with E-state index in [0.717, 1.165) is 0 Å². The Hall–Kier alpha value is -0.960. The molecule has 0 aliphatic rings. The Labute approximate surface area is 109 Å². The molecule has 0 amide bonds. The molecular formula is C10H15NO5S2. The molecule has 0 fully saturated rings. The average Bonchev–Trinajstić information content (AvgIpc) is 2.63. The van der Waals surface area contributed by atoms with Crippen LogP contribution in [-0.2, 0) is 10.0 Å². The molecule has 2 atom stereocenters. The number of aliphatic hydroxyl groups is 1. The third-order valence-electron chi connectivity index (χ3n) is 2.11. The molecule has 0 saturated carbocycles. The highest BCUT2D eigenvalue weighted by Crippen LogP contribution is 2.21. The van der Waals surface area contributed by atoms with Crippen molar-refractivity contribution < 1.29 is 23.4 Å². The highest BCUT2D eigenvalue weighted by molar-refractivity contribution is 7.91. The fourth-order valence-electron chi connectivity index (χ4n) is 1.46. The van der Waals surface area contributed by atoms with E-state index < -0.39 is 28.1 Å². The highest BCUT2D eigenvalue weighted by Gasteiger charge is 2.21. The second-order valence-electron chi connectivity index (χ2n) is 4.03. The molecule has 6 nitrogen and oxygen atoms in total. The van der Waals surface area contributed by atoms with Gasteiger partial charge in [0.05, 0.1) is 6.10 Å². The zero-order valence-electron chi connectivity index (χ0n) is 9.95. The van der Waals surface area contributed by atoms with Gasteiger partial charge in [0.2, 0.25) is 10.0 Å². The topological polar surface area (TPSA) is 104 Å². The lowest BCUT2D eigenvalue weighted by atomic mass is 10.2. The molecule has 1 aromatic rings. The molecule has 2 unspecified atom stereocenters. The number of nitrogens with one attached hydrogen (secondary N) is 1. The smallest absolute Gasteiger partial charge is 0.345 e. The summed E-state index contributed by atoms with van der Waals surface area (Å²) in [4.78, 5) is 10.6. The molecule has 1 rings (SSSR count). The van der Waals surface area contributed by atoms with Crippen LogP contribution in [-0.4, -0.2) is 36.7 Å². The number of sulfonamides is 1. The van der Waals surface area contributed by atoms with E-state index in [4.69, 9.17) is 10.2 Å². The summed E-state index contributed by atoms with van der Waals surface area (Å²) < 4.78 is 26.1. The molecule has 102 valence electrons. The number of hydrogen-bond donors (Lipinski definition) is 3. The number of rotatable bonds is 6. The Morgan fingerprint density at radius 1 is 1.44 bits per heavy atom. The minimum atomic E-state index is -3.72. The van der Waals surface area contributed by atoms with Gasteiger partial charge in [0, 0.05) is 6.04 Å². The van der Waals surface area contributed by atoms with Gasteiger partial charge in [-0.2, -0.15) is 0 Å². The van der Waals surface area contributed by atoms with Gasteiger partial charge in [-0.25, -0.2) is 17.9 Å². The maximum atomic E-state index is 11.9. The van der Waals surface area contributed by atoms with Crippen molar-refractivity contribution in [3.8, 4) is 0 Å². The second-order valence-corrected chi connectivity index (χ2v) is 7.06. The van der Waals surface area contributed by atoms with Gasteiger partial charge in [-0.15, -0.1) is 11.3 Å². The van der Waals surface area contributed by atoms with Crippen LogP contribution >= 0.6 is 11.3 Å². The second kappa shape index (κ2) is 5.79. The van der Waals surface area contributed by atoms with E-state index >= 15 is 0 Å². The Morgan fingerprint density at radius 2 is 2.06 bits per heavy atom. The molecule has 3 N–H and O–H groups in total. The quantitative estimate of drug-likeness (QED) is 0.722. The SMILES string of the molecule is CC(O)CC(C)NS(=O)(=O)c1ccc(C(=O)O)s1. The molecule has 0 radical (unpaired) electrons. The average molecular weight is 293 g/mol. The highest BCUT2D eigenvalue weighted by atomic mass is 32.2. The maximum Gasteiger partial charge on any atom is 0.345 e. The van der Waals surface area contributed by atoms with Gasteiger partial charge >= 0.3 is 5.97 Å². The fourth-order valence-corrected chi connectivity index (χ4v) is 3.88. The van der Waals surface area contributed by atoms with Gasteiger partial charge in [0.15, 0.2) is 0 Å². The Morgan fingerprint density at radius 3 is 2.50 bits per heavy atom. The maximum absolute atomic E-state index is 11.9. The first kappa shape index (κ1) is 15.1. The number of carboxylic acids is 1. The molecule has 1 heterocycles. The Bertz CT molecular complexity index is 520. The zero-order valence-corrected chi connectivity index (χ0v) is 11.6. The standard InChI is InChI=1S/C10H15NO5S2/c1-6(5-7(2)12)11-18(15,16)9-4-3-8(17-9)10(13)14/h3-4,6-7,11-12H,5H2,1-2H3,(H,13,14). The van der Waals surface area contributed by atoms with Crippen molar-refractivity contribution in [2.45, 2.75) is 36.6 Å². The first-order valence-corrected chi connectivity index (χ1v) is 7.56. The lowest BCUT2D eigenvalue weighted by Crippen LogP contribution is -2.34. The summed E-state index contributed by atoms with van der Waals surface area (Å²) in [5.41, 5.74) is 0. The summed E-state index contributed by atoms with van der Waals surface area (Å²) in [6, 6.07) is 2.08. The molecule has 0 spiro atoms.